The summed E-state index contributed by atoms with van der Waals surface area (Å²) in [4.78, 5) is 1.47. The monoisotopic (exact) mass is 303 g/mol. The van der Waals surface area contributed by atoms with Crippen LogP contribution in [0.25, 0.3) is 0 Å². The Morgan fingerprint density at radius 3 is 2.81 bits per heavy atom. The van der Waals surface area contributed by atoms with Gasteiger partial charge in [0.1, 0.15) is 5.75 Å². The highest BCUT2D eigenvalue weighted by molar-refractivity contribution is 7.09. The summed E-state index contributed by atoms with van der Waals surface area (Å²) in [7, 11) is 1.73. The van der Waals surface area contributed by atoms with Gasteiger partial charge < -0.3 is 10.1 Å². The summed E-state index contributed by atoms with van der Waals surface area (Å²) in [6.07, 6.45) is 3.42. The average Bonchev–Trinajstić information content (AvgIpc) is 3.00. The van der Waals surface area contributed by atoms with Gasteiger partial charge in [-0.25, -0.2) is 0 Å². The highest BCUT2D eigenvalue weighted by atomic mass is 32.1. The van der Waals surface area contributed by atoms with E-state index in [1.807, 2.05) is 17.4 Å². The number of nitrogens with one attached hydrogen (secondary N) is 1. The lowest BCUT2D eigenvalue weighted by Gasteiger charge is -2.17. The van der Waals surface area contributed by atoms with Crippen LogP contribution in [0.5, 0.6) is 5.75 Å². The van der Waals surface area contributed by atoms with Gasteiger partial charge >= 0.3 is 0 Å². The summed E-state index contributed by atoms with van der Waals surface area (Å²) in [5.41, 5.74) is 1.36. The van der Waals surface area contributed by atoms with E-state index < -0.39 is 0 Å². The molecule has 0 aliphatic carbocycles. The number of thiophene rings is 1. The Labute approximate surface area is 132 Å². The summed E-state index contributed by atoms with van der Waals surface area (Å²) in [6.45, 7) is 4.38. The van der Waals surface area contributed by atoms with Crippen LogP contribution in [0.3, 0.4) is 0 Å². The van der Waals surface area contributed by atoms with Crippen LogP contribution in [-0.4, -0.2) is 20.2 Å². The van der Waals surface area contributed by atoms with Crippen molar-refractivity contribution in [3.63, 3.8) is 0 Å². The average molecular weight is 303 g/mol. The molecule has 2 aromatic rings. The molecule has 0 saturated heterocycles. The van der Waals surface area contributed by atoms with E-state index in [1.54, 1.807) is 7.11 Å². The second kappa shape index (κ2) is 8.85. The minimum absolute atomic E-state index is 0.627. The standard InChI is InChI=1S/C18H25NOS/c1-3-9-19-14-16(13-18-8-5-10-21-18)11-15-6-4-7-17(12-15)20-2/h4-8,10,12,16,19H,3,9,11,13-14H2,1-2H3. The van der Waals surface area contributed by atoms with Gasteiger partial charge in [-0.2, -0.15) is 0 Å². The second-order valence-corrected chi connectivity index (χ2v) is 6.44. The third kappa shape index (κ3) is 5.52. The Bertz CT molecular complexity index is 510. The molecule has 1 unspecified atom stereocenters. The van der Waals surface area contributed by atoms with E-state index in [2.05, 4.69) is 48.0 Å². The minimum atomic E-state index is 0.627. The van der Waals surface area contributed by atoms with Crippen LogP contribution < -0.4 is 10.1 Å². The third-order valence-corrected chi connectivity index (χ3v) is 4.49. The van der Waals surface area contributed by atoms with Gasteiger partial charge in [-0.15, -0.1) is 11.3 Å². The Kier molecular flexibility index (Phi) is 6.77. The number of hydrogen-bond donors (Lipinski definition) is 1. The Morgan fingerprint density at radius 1 is 1.19 bits per heavy atom. The maximum atomic E-state index is 5.33. The molecule has 114 valence electrons. The Morgan fingerprint density at radius 2 is 2.10 bits per heavy atom. The predicted octanol–water partition coefficient (Wildman–Crippen LogP) is 4.16. The fourth-order valence-corrected chi connectivity index (χ4v) is 3.37. The number of rotatable bonds is 9. The van der Waals surface area contributed by atoms with E-state index in [0.29, 0.717) is 5.92 Å². The molecule has 0 aliphatic rings. The van der Waals surface area contributed by atoms with E-state index in [4.69, 9.17) is 4.74 Å². The van der Waals surface area contributed by atoms with Crippen molar-refractivity contribution < 1.29 is 4.74 Å². The molecule has 21 heavy (non-hydrogen) atoms. The zero-order valence-electron chi connectivity index (χ0n) is 13.0. The predicted molar refractivity (Wildman–Crippen MR) is 91.4 cm³/mol. The molecule has 0 radical (unpaired) electrons. The van der Waals surface area contributed by atoms with Gasteiger partial charge in [-0.1, -0.05) is 25.1 Å². The smallest absolute Gasteiger partial charge is 0.119 e. The van der Waals surface area contributed by atoms with Crippen molar-refractivity contribution in [2.24, 2.45) is 5.92 Å². The zero-order chi connectivity index (χ0) is 14.9. The van der Waals surface area contributed by atoms with Crippen molar-refractivity contribution in [2.45, 2.75) is 26.2 Å². The van der Waals surface area contributed by atoms with Gasteiger partial charge in [0, 0.05) is 4.88 Å². The number of methoxy groups -OCH3 is 1. The van der Waals surface area contributed by atoms with E-state index in [1.165, 1.54) is 16.9 Å². The molecule has 1 aromatic carbocycles. The molecule has 1 heterocycles. The second-order valence-electron chi connectivity index (χ2n) is 5.41. The lowest BCUT2D eigenvalue weighted by molar-refractivity contribution is 0.413. The van der Waals surface area contributed by atoms with Crippen LogP contribution in [0.4, 0.5) is 0 Å². The fraction of sp³-hybridized carbons (Fsp3) is 0.444. The van der Waals surface area contributed by atoms with Gasteiger partial charge in [0.15, 0.2) is 0 Å². The summed E-state index contributed by atoms with van der Waals surface area (Å²) in [6, 6.07) is 12.8. The van der Waals surface area contributed by atoms with Crippen LogP contribution in [0, 0.1) is 5.92 Å². The van der Waals surface area contributed by atoms with Crippen molar-refractivity contribution in [1.82, 2.24) is 5.32 Å². The fourth-order valence-electron chi connectivity index (χ4n) is 2.55. The SMILES string of the molecule is CCCNCC(Cc1cccc(OC)c1)Cc1cccs1. The van der Waals surface area contributed by atoms with Crippen LogP contribution in [0.2, 0.25) is 0 Å². The molecule has 0 amide bonds. The molecule has 1 atom stereocenters. The molecular weight excluding hydrogens is 278 g/mol. The molecule has 0 fully saturated rings. The summed E-state index contributed by atoms with van der Waals surface area (Å²) in [5.74, 6) is 1.58. The summed E-state index contributed by atoms with van der Waals surface area (Å²) >= 11 is 1.86. The number of benzene rings is 1. The van der Waals surface area contributed by atoms with Crippen LogP contribution in [0.1, 0.15) is 23.8 Å². The van der Waals surface area contributed by atoms with Crippen molar-refractivity contribution in [3.05, 3.63) is 52.2 Å². The zero-order valence-corrected chi connectivity index (χ0v) is 13.8. The topological polar surface area (TPSA) is 21.3 Å². The molecule has 1 aromatic heterocycles. The van der Waals surface area contributed by atoms with Crippen molar-refractivity contribution in [3.8, 4) is 5.75 Å². The number of hydrogen-bond acceptors (Lipinski definition) is 3. The number of ether oxygens (including phenoxy) is 1. The van der Waals surface area contributed by atoms with E-state index >= 15 is 0 Å². The Hall–Kier alpha value is -1.32. The first-order valence-corrected chi connectivity index (χ1v) is 8.55. The van der Waals surface area contributed by atoms with Crippen molar-refractivity contribution in [2.75, 3.05) is 20.2 Å². The third-order valence-electron chi connectivity index (χ3n) is 3.59. The molecule has 2 nitrogen and oxygen atoms in total. The van der Waals surface area contributed by atoms with Crippen LogP contribution in [0.15, 0.2) is 41.8 Å². The van der Waals surface area contributed by atoms with Gasteiger partial charge in [0.2, 0.25) is 0 Å². The summed E-state index contributed by atoms with van der Waals surface area (Å²) < 4.78 is 5.33. The van der Waals surface area contributed by atoms with Crippen molar-refractivity contribution in [1.29, 1.82) is 0 Å². The highest BCUT2D eigenvalue weighted by Gasteiger charge is 2.12. The van der Waals surface area contributed by atoms with Gasteiger partial charge in [0.25, 0.3) is 0 Å². The highest BCUT2D eigenvalue weighted by Crippen LogP contribution is 2.20. The molecule has 0 aliphatic heterocycles. The lowest BCUT2D eigenvalue weighted by atomic mass is 9.95. The first-order valence-electron chi connectivity index (χ1n) is 7.67. The van der Waals surface area contributed by atoms with Crippen LogP contribution >= 0.6 is 11.3 Å². The molecule has 1 N–H and O–H groups in total. The Balaban J connectivity index is 1.99. The van der Waals surface area contributed by atoms with Gasteiger partial charge in [-0.3, -0.25) is 0 Å². The molecule has 0 spiro atoms. The van der Waals surface area contributed by atoms with Crippen LogP contribution in [-0.2, 0) is 12.8 Å². The van der Waals surface area contributed by atoms with E-state index in [-0.39, 0.29) is 0 Å². The normalized spacial score (nSPS) is 12.3. The maximum absolute atomic E-state index is 5.33. The molecule has 0 saturated carbocycles. The largest absolute Gasteiger partial charge is 0.497 e. The molecule has 2 rings (SSSR count). The van der Waals surface area contributed by atoms with Gasteiger partial charge in [0.05, 0.1) is 7.11 Å². The van der Waals surface area contributed by atoms with Crippen molar-refractivity contribution >= 4 is 11.3 Å². The van der Waals surface area contributed by atoms with E-state index in [0.717, 1.165) is 31.7 Å². The first kappa shape index (κ1) is 16.1. The quantitative estimate of drug-likeness (QED) is 0.702. The maximum Gasteiger partial charge on any atom is 0.119 e. The first-order chi connectivity index (χ1) is 10.3. The molecular formula is C18H25NOS. The minimum Gasteiger partial charge on any atom is -0.497 e. The molecule has 3 heteroatoms. The lowest BCUT2D eigenvalue weighted by Crippen LogP contribution is -2.26. The molecule has 0 bridgehead atoms. The van der Waals surface area contributed by atoms with Gasteiger partial charge in [-0.05, 0) is 67.4 Å². The van der Waals surface area contributed by atoms with E-state index in [9.17, 15) is 0 Å². The summed E-state index contributed by atoms with van der Waals surface area (Å²) in [5, 5.41) is 5.73.